The molecule has 0 atom stereocenters. The summed E-state index contributed by atoms with van der Waals surface area (Å²) in [6.07, 6.45) is 3.28. The van der Waals surface area contributed by atoms with E-state index >= 15 is 0 Å². The summed E-state index contributed by atoms with van der Waals surface area (Å²) in [7, 11) is 0. The fourth-order valence-electron chi connectivity index (χ4n) is 3.55. The van der Waals surface area contributed by atoms with Gasteiger partial charge in [0.05, 0.1) is 19.2 Å². The number of piperidine rings is 1. The molecule has 0 radical (unpaired) electrons. The minimum absolute atomic E-state index is 0. The Morgan fingerprint density at radius 2 is 1.93 bits per heavy atom. The molecule has 29 heavy (non-hydrogen) atoms. The van der Waals surface area contributed by atoms with Crippen LogP contribution in [0.2, 0.25) is 0 Å². The average molecular weight is 522 g/mol. The lowest BCUT2D eigenvalue weighted by Gasteiger charge is -2.32. The molecule has 5 nitrogen and oxygen atoms in total. The number of benzene rings is 1. The highest BCUT2D eigenvalue weighted by Crippen LogP contribution is 2.27. The minimum atomic E-state index is -2.26. The highest BCUT2D eigenvalue weighted by atomic mass is 127. The van der Waals surface area contributed by atoms with Crippen LogP contribution in [0.5, 0.6) is 5.75 Å². The highest BCUT2D eigenvalue weighted by molar-refractivity contribution is 14.0. The van der Waals surface area contributed by atoms with Crippen molar-refractivity contribution in [2.45, 2.75) is 64.1 Å². The summed E-state index contributed by atoms with van der Waals surface area (Å²) in [6, 6.07) is 8.34. The van der Waals surface area contributed by atoms with Gasteiger partial charge in [-0.15, -0.1) is 24.0 Å². The van der Waals surface area contributed by atoms with E-state index in [0.29, 0.717) is 25.7 Å². The fraction of sp³-hybridized carbons (Fsp3) is 0.667. The summed E-state index contributed by atoms with van der Waals surface area (Å²) >= 11 is 0. The van der Waals surface area contributed by atoms with Gasteiger partial charge >= 0.3 is 0 Å². The van der Waals surface area contributed by atoms with Gasteiger partial charge in [0, 0.05) is 31.2 Å². The maximum Gasteiger partial charge on any atom is 0.251 e. The molecule has 2 N–H and O–H groups in total. The Balaban J connectivity index is 0.00000300. The molecule has 0 unspecified atom stereocenters. The van der Waals surface area contributed by atoms with Crippen molar-refractivity contribution in [1.82, 2.24) is 15.5 Å². The third-order valence-electron chi connectivity index (χ3n) is 5.39. The Morgan fingerprint density at radius 3 is 2.55 bits per heavy atom. The second-order valence-corrected chi connectivity index (χ2v) is 7.58. The van der Waals surface area contributed by atoms with Crippen LogP contribution in [-0.4, -0.2) is 55.6 Å². The van der Waals surface area contributed by atoms with Gasteiger partial charge in [-0.05, 0) is 45.1 Å². The molecular weight excluding hydrogens is 489 g/mol. The number of alkyl halides is 2. The summed E-state index contributed by atoms with van der Waals surface area (Å²) < 4.78 is 31.2. The lowest BCUT2D eigenvalue weighted by atomic mass is 9.96. The molecule has 1 aliphatic carbocycles. The second kappa shape index (κ2) is 12.5. The third kappa shape index (κ3) is 7.88. The molecule has 0 aromatic heterocycles. The Labute approximate surface area is 189 Å². The van der Waals surface area contributed by atoms with E-state index in [4.69, 9.17) is 9.73 Å². The predicted molar refractivity (Wildman–Crippen MR) is 124 cm³/mol. The van der Waals surface area contributed by atoms with E-state index in [9.17, 15) is 8.78 Å². The van der Waals surface area contributed by atoms with Crippen LogP contribution >= 0.6 is 24.0 Å². The van der Waals surface area contributed by atoms with E-state index in [1.165, 1.54) is 6.42 Å². The average Bonchev–Trinajstić information content (AvgIpc) is 2.65. The van der Waals surface area contributed by atoms with Gasteiger partial charge in [0.2, 0.25) is 0 Å². The molecule has 2 aliphatic rings. The van der Waals surface area contributed by atoms with Crippen LogP contribution in [0.3, 0.4) is 0 Å². The number of hydrogen-bond donors (Lipinski definition) is 2. The maximum atomic E-state index is 12.5. The first-order valence-corrected chi connectivity index (χ1v) is 10.4. The van der Waals surface area contributed by atoms with E-state index in [1.807, 2.05) is 30.0 Å². The molecule has 0 spiro atoms. The summed E-state index contributed by atoms with van der Waals surface area (Å²) in [5.41, 5.74) is 1.08. The van der Waals surface area contributed by atoms with E-state index in [1.54, 1.807) is 0 Å². The van der Waals surface area contributed by atoms with E-state index in [-0.39, 0.29) is 36.6 Å². The van der Waals surface area contributed by atoms with Crippen molar-refractivity contribution in [2.24, 2.45) is 4.99 Å². The monoisotopic (exact) mass is 522 g/mol. The van der Waals surface area contributed by atoms with Gasteiger partial charge in [0.25, 0.3) is 6.43 Å². The fourth-order valence-corrected chi connectivity index (χ4v) is 3.55. The standard InChI is InChI=1S/C21H32F2N4O.HI/c1-2-24-21(26-17-10-12-27(13-11-17)15-20(22)23)25-14-16-6-3-4-9-19(16)28-18-7-5-8-18;/h3-4,6,9,17-18,20H,2,5,7-8,10-15H2,1H3,(H2,24,25,26);1H. The van der Waals surface area contributed by atoms with Gasteiger partial charge in [0.15, 0.2) is 5.96 Å². The first kappa shape index (κ1) is 24.1. The summed E-state index contributed by atoms with van der Waals surface area (Å²) in [5, 5.41) is 6.76. The van der Waals surface area contributed by atoms with E-state index in [2.05, 4.69) is 16.7 Å². The van der Waals surface area contributed by atoms with Crippen molar-refractivity contribution in [3.8, 4) is 5.75 Å². The number of aliphatic imine (C=N–C) groups is 1. The molecule has 1 saturated carbocycles. The third-order valence-corrected chi connectivity index (χ3v) is 5.39. The molecule has 1 aromatic rings. The molecule has 1 heterocycles. The van der Waals surface area contributed by atoms with Crippen molar-refractivity contribution >= 4 is 29.9 Å². The van der Waals surface area contributed by atoms with Gasteiger partial charge in [-0.3, -0.25) is 4.90 Å². The number of likely N-dealkylation sites (tertiary alicyclic amines) is 1. The number of ether oxygens (including phenoxy) is 1. The van der Waals surface area contributed by atoms with Crippen LogP contribution in [0, 0.1) is 0 Å². The van der Waals surface area contributed by atoms with Gasteiger partial charge in [-0.25, -0.2) is 13.8 Å². The predicted octanol–water partition coefficient (Wildman–Crippen LogP) is 4.02. The number of nitrogens with zero attached hydrogens (tertiary/aromatic N) is 2. The number of halogens is 3. The molecule has 1 aromatic carbocycles. The van der Waals surface area contributed by atoms with Crippen molar-refractivity contribution in [1.29, 1.82) is 0 Å². The maximum absolute atomic E-state index is 12.5. The van der Waals surface area contributed by atoms with Crippen LogP contribution < -0.4 is 15.4 Å². The quantitative estimate of drug-likeness (QED) is 0.308. The first-order chi connectivity index (χ1) is 13.6. The van der Waals surface area contributed by atoms with Crippen LogP contribution in [0.1, 0.15) is 44.6 Å². The Hall–Kier alpha value is -1.16. The number of rotatable bonds is 8. The van der Waals surface area contributed by atoms with Crippen molar-refractivity contribution in [3.05, 3.63) is 29.8 Å². The smallest absolute Gasteiger partial charge is 0.251 e. The van der Waals surface area contributed by atoms with Gasteiger partial charge in [0.1, 0.15) is 5.75 Å². The number of guanidine groups is 1. The van der Waals surface area contributed by atoms with Crippen molar-refractivity contribution in [2.75, 3.05) is 26.2 Å². The Morgan fingerprint density at radius 1 is 1.21 bits per heavy atom. The van der Waals surface area contributed by atoms with E-state index < -0.39 is 6.43 Å². The second-order valence-electron chi connectivity index (χ2n) is 7.58. The zero-order valence-corrected chi connectivity index (χ0v) is 19.4. The SMILES string of the molecule is CCNC(=NCc1ccccc1OC1CCC1)NC1CCN(CC(F)F)CC1.I. The molecule has 1 aliphatic heterocycles. The largest absolute Gasteiger partial charge is 0.490 e. The first-order valence-electron chi connectivity index (χ1n) is 10.4. The molecule has 2 fully saturated rings. The molecule has 0 bridgehead atoms. The normalized spacial score (nSPS) is 18.8. The molecule has 0 amide bonds. The lowest BCUT2D eigenvalue weighted by molar-refractivity contribution is 0.0744. The van der Waals surface area contributed by atoms with Crippen LogP contribution in [-0.2, 0) is 6.54 Å². The van der Waals surface area contributed by atoms with Crippen molar-refractivity contribution in [3.63, 3.8) is 0 Å². The van der Waals surface area contributed by atoms with Gasteiger partial charge in [-0.1, -0.05) is 18.2 Å². The Kier molecular flexibility index (Phi) is 10.4. The summed E-state index contributed by atoms with van der Waals surface area (Å²) in [4.78, 5) is 6.57. The zero-order valence-electron chi connectivity index (χ0n) is 17.1. The molecule has 164 valence electrons. The Bertz CT molecular complexity index is 635. The van der Waals surface area contributed by atoms with Crippen LogP contribution in [0.25, 0.3) is 0 Å². The topological polar surface area (TPSA) is 48.9 Å². The number of para-hydroxylation sites is 1. The minimum Gasteiger partial charge on any atom is -0.490 e. The summed E-state index contributed by atoms with van der Waals surface area (Å²) in [5.74, 6) is 1.69. The molecular formula is C21H33F2IN4O. The molecule has 3 rings (SSSR count). The lowest BCUT2D eigenvalue weighted by Crippen LogP contribution is -2.49. The summed E-state index contributed by atoms with van der Waals surface area (Å²) in [6.45, 7) is 4.62. The van der Waals surface area contributed by atoms with Crippen molar-refractivity contribution < 1.29 is 13.5 Å². The van der Waals surface area contributed by atoms with E-state index in [0.717, 1.165) is 49.5 Å². The highest BCUT2D eigenvalue weighted by Gasteiger charge is 2.22. The van der Waals surface area contributed by atoms with Crippen LogP contribution in [0.4, 0.5) is 8.78 Å². The van der Waals surface area contributed by atoms with Crippen LogP contribution in [0.15, 0.2) is 29.3 Å². The zero-order chi connectivity index (χ0) is 19.8. The number of hydrogen-bond acceptors (Lipinski definition) is 3. The number of nitrogens with one attached hydrogen (secondary N) is 2. The molecule has 1 saturated heterocycles. The van der Waals surface area contributed by atoms with Gasteiger partial charge in [-0.2, -0.15) is 0 Å². The van der Waals surface area contributed by atoms with Gasteiger partial charge < -0.3 is 15.4 Å². The molecule has 8 heteroatoms.